The van der Waals surface area contributed by atoms with E-state index >= 15 is 17.6 Å². The average molecular weight is 849 g/mol. The number of tetrazole rings is 2. The van der Waals surface area contributed by atoms with Crippen LogP contribution in [0.4, 0.5) is 35.1 Å². The van der Waals surface area contributed by atoms with Gasteiger partial charge in [-0.3, -0.25) is 9.97 Å². The van der Waals surface area contributed by atoms with Crippen molar-refractivity contribution in [1.29, 1.82) is 0 Å². The summed E-state index contributed by atoms with van der Waals surface area (Å²) < 4.78 is 129. The Labute approximate surface area is 336 Å². The number of aryl methyl sites for hydroxylation is 1. The molecule has 318 valence electrons. The number of methoxy groups -OCH3 is 2. The second-order valence-electron chi connectivity index (χ2n) is 13.1. The lowest BCUT2D eigenvalue weighted by Gasteiger charge is -2.35. The molecule has 2 aromatic carbocycles. The normalized spacial score (nSPS) is 14.1. The van der Waals surface area contributed by atoms with E-state index in [4.69, 9.17) is 9.47 Å². The number of aromatic nitrogens is 10. The number of benzene rings is 2. The van der Waals surface area contributed by atoms with E-state index < -0.39 is 81.9 Å². The Kier molecular flexibility index (Phi) is 14.5. The molecule has 4 heterocycles. The summed E-state index contributed by atoms with van der Waals surface area (Å²) in [6, 6.07) is 8.79. The first-order valence-corrected chi connectivity index (χ1v) is 17.6. The van der Waals surface area contributed by atoms with Crippen molar-refractivity contribution < 1.29 is 54.8 Å². The Morgan fingerprint density at radius 1 is 0.667 bits per heavy atom. The lowest BCUT2D eigenvalue weighted by molar-refractivity contribution is -0.207. The van der Waals surface area contributed by atoms with Gasteiger partial charge in [0.25, 0.3) is 0 Å². The van der Waals surface area contributed by atoms with E-state index in [0.29, 0.717) is 49.3 Å². The van der Waals surface area contributed by atoms with Crippen LogP contribution in [-0.4, -0.2) is 88.0 Å². The lowest BCUT2D eigenvalue weighted by Crippen LogP contribution is -2.48. The molecular formula is C38H36F8N10O4. The number of hydrogen-bond acceptors (Lipinski definition) is 12. The summed E-state index contributed by atoms with van der Waals surface area (Å²) in [4.78, 5) is 7.53. The summed E-state index contributed by atoms with van der Waals surface area (Å²) in [5.74, 6) is -12.8. The molecule has 6 rings (SSSR count). The Morgan fingerprint density at radius 3 is 1.58 bits per heavy atom. The van der Waals surface area contributed by atoms with Crippen LogP contribution in [0.2, 0.25) is 0 Å². The van der Waals surface area contributed by atoms with Crippen molar-refractivity contribution in [3.63, 3.8) is 0 Å². The predicted octanol–water partition coefficient (Wildman–Crippen LogP) is 5.29. The van der Waals surface area contributed by atoms with Crippen LogP contribution in [0.5, 0.6) is 0 Å². The summed E-state index contributed by atoms with van der Waals surface area (Å²) in [5.41, 5.74) is -8.33. The SMILES string of the molecule is COC/C=C/c1ccc(C(F)(F)C(O)(Cn2cnnn2)c2ccc(F)cc2F)nc1.COCCCc1ccc(C(F)(F)C(O)(Cn2cnnn2)c2ccc(F)cc2F)nc1. The number of alkyl halides is 4. The quantitative estimate of drug-likeness (QED) is 0.0900. The highest BCUT2D eigenvalue weighted by Crippen LogP contribution is 2.48. The van der Waals surface area contributed by atoms with Gasteiger partial charge in [-0.25, -0.2) is 26.9 Å². The van der Waals surface area contributed by atoms with E-state index in [1.165, 1.54) is 31.6 Å². The molecule has 0 spiro atoms. The molecule has 4 aromatic heterocycles. The molecule has 0 saturated carbocycles. The third-order valence-electron chi connectivity index (χ3n) is 9.00. The molecule has 2 atom stereocenters. The Balaban J connectivity index is 0.000000228. The van der Waals surface area contributed by atoms with Gasteiger partial charge in [0, 0.05) is 56.5 Å². The topological polar surface area (TPSA) is 172 Å². The number of nitrogens with zero attached hydrogens (tertiary/aromatic N) is 10. The van der Waals surface area contributed by atoms with Gasteiger partial charge < -0.3 is 19.7 Å². The van der Waals surface area contributed by atoms with E-state index in [-0.39, 0.29) is 0 Å². The molecule has 2 unspecified atom stereocenters. The highest BCUT2D eigenvalue weighted by atomic mass is 19.3. The van der Waals surface area contributed by atoms with Crippen LogP contribution in [0.15, 0.2) is 91.8 Å². The fraction of sp³-hybridized carbons (Fsp3) is 0.316. The van der Waals surface area contributed by atoms with Crippen molar-refractivity contribution in [2.45, 2.75) is 49.0 Å². The van der Waals surface area contributed by atoms with Crippen LogP contribution < -0.4 is 0 Å². The van der Waals surface area contributed by atoms with Crippen LogP contribution in [-0.2, 0) is 52.0 Å². The molecule has 60 heavy (non-hydrogen) atoms. The van der Waals surface area contributed by atoms with Crippen molar-refractivity contribution in [3.05, 3.63) is 149 Å². The number of aliphatic hydroxyl groups is 2. The van der Waals surface area contributed by atoms with Gasteiger partial charge in [-0.15, -0.1) is 10.2 Å². The molecular weight excluding hydrogens is 812 g/mol. The maximum absolute atomic E-state index is 15.5. The van der Waals surface area contributed by atoms with Crippen molar-refractivity contribution >= 4 is 6.08 Å². The Morgan fingerprint density at radius 2 is 1.18 bits per heavy atom. The summed E-state index contributed by atoms with van der Waals surface area (Å²) >= 11 is 0. The van der Waals surface area contributed by atoms with Gasteiger partial charge in [0.2, 0.25) is 0 Å². The zero-order chi connectivity index (χ0) is 43.6. The Hall–Kier alpha value is -6.10. The first-order valence-electron chi connectivity index (χ1n) is 17.6. The van der Waals surface area contributed by atoms with Crippen LogP contribution in [0, 0.1) is 23.3 Å². The molecule has 0 aliphatic heterocycles. The molecule has 0 radical (unpaired) electrons. The largest absolute Gasteiger partial charge is 0.385 e. The second-order valence-corrected chi connectivity index (χ2v) is 13.1. The zero-order valence-electron chi connectivity index (χ0n) is 31.7. The molecule has 6 aromatic rings. The highest BCUT2D eigenvalue weighted by molar-refractivity contribution is 5.48. The minimum atomic E-state index is -4.09. The van der Waals surface area contributed by atoms with Crippen molar-refractivity contribution in [1.82, 2.24) is 50.4 Å². The molecule has 0 aliphatic carbocycles. The summed E-state index contributed by atoms with van der Waals surface area (Å²) in [6.45, 7) is -0.972. The van der Waals surface area contributed by atoms with Gasteiger partial charge in [-0.2, -0.15) is 17.6 Å². The van der Waals surface area contributed by atoms with Gasteiger partial charge in [-0.05, 0) is 81.2 Å². The molecule has 0 amide bonds. The monoisotopic (exact) mass is 848 g/mol. The smallest absolute Gasteiger partial charge is 0.323 e. The minimum Gasteiger partial charge on any atom is -0.385 e. The third kappa shape index (κ3) is 10.0. The average Bonchev–Trinajstić information content (AvgIpc) is 3.93. The summed E-state index contributed by atoms with van der Waals surface area (Å²) in [7, 11) is 3.06. The van der Waals surface area contributed by atoms with Gasteiger partial charge in [0.1, 0.15) is 47.3 Å². The van der Waals surface area contributed by atoms with Crippen LogP contribution in [0.25, 0.3) is 6.08 Å². The minimum absolute atomic E-state index is 0.327. The predicted molar refractivity (Wildman–Crippen MR) is 194 cm³/mol. The molecule has 2 N–H and O–H groups in total. The zero-order valence-corrected chi connectivity index (χ0v) is 31.7. The van der Waals surface area contributed by atoms with E-state index in [1.54, 1.807) is 19.3 Å². The van der Waals surface area contributed by atoms with E-state index in [2.05, 4.69) is 41.0 Å². The number of rotatable bonds is 17. The van der Waals surface area contributed by atoms with Gasteiger partial charge in [0.15, 0.2) is 11.2 Å². The fourth-order valence-electron chi connectivity index (χ4n) is 5.90. The van der Waals surface area contributed by atoms with E-state index in [0.717, 1.165) is 58.4 Å². The fourth-order valence-corrected chi connectivity index (χ4v) is 5.90. The maximum Gasteiger partial charge on any atom is 0.323 e. The number of ether oxygens (including phenoxy) is 2. The third-order valence-corrected chi connectivity index (χ3v) is 9.00. The van der Waals surface area contributed by atoms with E-state index in [9.17, 15) is 27.8 Å². The van der Waals surface area contributed by atoms with Gasteiger partial charge in [-0.1, -0.05) is 24.3 Å². The number of halogens is 8. The molecule has 0 aliphatic rings. The standard InChI is InChI=1S/C19H19F4N5O2.C19H17F4N5O2/c2*1-30-8-2-3-13-4-7-17(24-10-13)19(22,23)18(29,11-28-12-25-26-27-28)15-6-5-14(20)9-16(15)21/h4-7,9-10,12,29H,2-3,8,11H2,1H3;2-7,9-10,12,29H,8,11H2,1H3/b;3-2+. The van der Waals surface area contributed by atoms with Crippen LogP contribution >= 0.6 is 0 Å². The molecule has 14 nitrogen and oxygen atoms in total. The number of pyridine rings is 2. The lowest BCUT2D eigenvalue weighted by atomic mass is 9.84. The van der Waals surface area contributed by atoms with Gasteiger partial charge >= 0.3 is 11.8 Å². The highest BCUT2D eigenvalue weighted by Gasteiger charge is 2.59. The first-order chi connectivity index (χ1) is 28.6. The van der Waals surface area contributed by atoms with Crippen molar-refractivity contribution in [2.24, 2.45) is 0 Å². The Bertz CT molecular complexity index is 2310. The molecule has 0 saturated heterocycles. The summed E-state index contributed by atoms with van der Waals surface area (Å²) in [5, 5.41) is 42.4. The molecule has 0 bridgehead atoms. The van der Waals surface area contributed by atoms with Gasteiger partial charge in [0.05, 0.1) is 19.7 Å². The van der Waals surface area contributed by atoms with Crippen molar-refractivity contribution in [3.8, 4) is 0 Å². The number of hydrogen-bond donors (Lipinski definition) is 2. The van der Waals surface area contributed by atoms with Crippen molar-refractivity contribution in [2.75, 3.05) is 27.4 Å². The van der Waals surface area contributed by atoms with Crippen LogP contribution in [0.3, 0.4) is 0 Å². The van der Waals surface area contributed by atoms with E-state index in [1.807, 2.05) is 0 Å². The van der Waals surface area contributed by atoms with Crippen LogP contribution in [0.1, 0.15) is 40.1 Å². The summed E-state index contributed by atoms with van der Waals surface area (Å²) in [6.07, 6.45) is 8.94. The second kappa shape index (κ2) is 19.3. The maximum atomic E-state index is 15.5. The first kappa shape index (κ1) is 45.0. The molecule has 0 fully saturated rings. The molecule has 22 heteroatoms.